The Kier molecular flexibility index (Phi) is 4.59. The lowest BCUT2D eigenvalue weighted by Crippen LogP contribution is -2.42. The Morgan fingerprint density at radius 2 is 1.75 bits per heavy atom. The number of rotatable bonds is 2. The minimum atomic E-state index is -0.668. The van der Waals surface area contributed by atoms with Crippen LogP contribution in [0.15, 0.2) is 23.3 Å². The molecule has 0 aromatic heterocycles. The fourth-order valence-corrected chi connectivity index (χ4v) is 3.30. The maximum absolute atomic E-state index is 13.5. The molecule has 7 heteroatoms. The lowest BCUT2D eigenvalue weighted by Gasteiger charge is -2.33. The fraction of sp³-hybridized carbons (Fsp3) is 0.471. The van der Waals surface area contributed by atoms with E-state index in [1.54, 1.807) is 11.1 Å². The number of nitrogens with zero attached hydrogens (tertiary/aromatic N) is 3. The summed E-state index contributed by atoms with van der Waals surface area (Å²) < 4.78 is 26.9. The lowest BCUT2D eigenvalue weighted by atomic mass is 9.94. The first kappa shape index (κ1) is 16.5. The smallest absolute Gasteiger partial charge is 0.246 e. The van der Waals surface area contributed by atoms with Crippen LogP contribution < -0.4 is 0 Å². The van der Waals surface area contributed by atoms with Crippen molar-refractivity contribution in [2.75, 3.05) is 13.1 Å². The van der Waals surface area contributed by atoms with Gasteiger partial charge in [0, 0.05) is 44.6 Å². The monoisotopic (exact) mass is 335 g/mol. The molecule has 5 nitrogen and oxygen atoms in total. The molecule has 24 heavy (non-hydrogen) atoms. The second-order valence-corrected chi connectivity index (χ2v) is 6.22. The van der Waals surface area contributed by atoms with Crippen molar-refractivity contribution in [3.8, 4) is 0 Å². The topological polar surface area (TPSA) is 53.0 Å². The van der Waals surface area contributed by atoms with Crippen LogP contribution in [0, 0.1) is 17.6 Å². The second kappa shape index (κ2) is 6.67. The van der Waals surface area contributed by atoms with E-state index < -0.39 is 17.7 Å². The van der Waals surface area contributed by atoms with E-state index in [0.29, 0.717) is 37.9 Å². The van der Waals surface area contributed by atoms with Crippen molar-refractivity contribution in [3.05, 3.63) is 35.4 Å². The molecule has 0 saturated carbocycles. The summed E-state index contributed by atoms with van der Waals surface area (Å²) in [4.78, 5) is 25.8. The van der Waals surface area contributed by atoms with E-state index in [9.17, 15) is 18.4 Å². The third kappa shape index (κ3) is 3.29. The third-order valence-corrected chi connectivity index (χ3v) is 4.61. The quantitative estimate of drug-likeness (QED) is 0.834. The summed E-state index contributed by atoms with van der Waals surface area (Å²) in [6.45, 7) is 2.60. The maximum Gasteiger partial charge on any atom is 0.246 e. The highest BCUT2D eigenvalue weighted by atomic mass is 19.1. The molecule has 0 aliphatic carbocycles. The first-order valence-electron chi connectivity index (χ1n) is 8.02. The molecule has 1 saturated heterocycles. The highest BCUT2D eigenvalue weighted by molar-refractivity contribution is 5.82. The number of hydrazone groups is 1. The van der Waals surface area contributed by atoms with Crippen LogP contribution in [0.1, 0.15) is 37.8 Å². The molecule has 1 aromatic carbocycles. The van der Waals surface area contributed by atoms with Crippen molar-refractivity contribution in [2.45, 2.75) is 32.2 Å². The Labute approximate surface area is 138 Å². The van der Waals surface area contributed by atoms with E-state index in [-0.39, 0.29) is 17.7 Å². The van der Waals surface area contributed by atoms with Gasteiger partial charge in [-0.3, -0.25) is 9.59 Å². The Hall–Kier alpha value is -2.31. The molecule has 2 heterocycles. The number of benzene rings is 1. The van der Waals surface area contributed by atoms with E-state index in [2.05, 4.69) is 5.10 Å². The van der Waals surface area contributed by atoms with Crippen molar-refractivity contribution in [3.63, 3.8) is 0 Å². The summed E-state index contributed by atoms with van der Waals surface area (Å²) >= 11 is 0. The molecule has 2 amide bonds. The van der Waals surface area contributed by atoms with Gasteiger partial charge in [0.2, 0.25) is 11.8 Å². The number of hydrogen-bond donors (Lipinski definition) is 0. The summed E-state index contributed by atoms with van der Waals surface area (Å²) in [6, 6.07) is 2.80. The van der Waals surface area contributed by atoms with Crippen LogP contribution in [0.2, 0.25) is 0 Å². The molecule has 0 N–H and O–H groups in total. The number of carbonyl (C=O) groups is 2. The molecule has 1 unspecified atom stereocenters. The molecule has 0 bridgehead atoms. The van der Waals surface area contributed by atoms with Gasteiger partial charge in [0.15, 0.2) is 0 Å². The van der Waals surface area contributed by atoms with Gasteiger partial charge in [0.25, 0.3) is 0 Å². The average molecular weight is 335 g/mol. The van der Waals surface area contributed by atoms with Gasteiger partial charge in [-0.1, -0.05) is 0 Å². The van der Waals surface area contributed by atoms with Gasteiger partial charge in [0.05, 0.1) is 6.04 Å². The van der Waals surface area contributed by atoms with Crippen molar-refractivity contribution < 1.29 is 18.4 Å². The molecule has 1 fully saturated rings. The SMILES string of the molecule is CC(=O)N1CCC(C(=O)N2N=CCC2c2cc(F)cc(F)c2)CC1. The van der Waals surface area contributed by atoms with Crippen LogP contribution >= 0.6 is 0 Å². The standard InChI is InChI=1S/C17H19F2N3O2/c1-11(23)21-6-3-12(4-7-21)17(24)22-16(2-5-20-22)13-8-14(18)10-15(19)9-13/h5,8-10,12,16H,2-4,6-7H2,1H3. The van der Waals surface area contributed by atoms with Crippen LogP contribution in [0.25, 0.3) is 0 Å². The van der Waals surface area contributed by atoms with Gasteiger partial charge >= 0.3 is 0 Å². The van der Waals surface area contributed by atoms with E-state index in [0.717, 1.165) is 6.07 Å². The summed E-state index contributed by atoms with van der Waals surface area (Å²) in [5, 5.41) is 5.45. The molecule has 2 aliphatic heterocycles. The minimum Gasteiger partial charge on any atom is -0.343 e. The zero-order valence-electron chi connectivity index (χ0n) is 13.4. The summed E-state index contributed by atoms with van der Waals surface area (Å²) in [5.41, 5.74) is 0.402. The molecule has 1 aromatic rings. The van der Waals surface area contributed by atoms with Crippen LogP contribution in [-0.2, 0) is 9.59 Å². The van der Waals surface area contributed by atoms with Crippen LogP contribution in [0.3, 0.4) is 0 Å². The van der Waals surface area contributed by atoms with Gasteiger partial charge in [-0.15, -0.1) is 0 Å². The average Bonchev–Trinajstić information content (AvgIpc) is 3.03. The molecular weight excluding hydrogens is 316 g/mol. The first-order valence-corrected chi connectivity index (χ1v) is 8.02. The zero-order valence-corrected chi connectivity index (χ0v) is 13.4. The van der Waals surface area contributed by atoms with E-state index in [1.807, 2.05) is 0 Å². The Bertz CT molecular complexity index is 664. The molecule has 0 spiro atoms. The first-order chi connectivity index (χ1) is 11.5. The van der Waals surface area contributed by atoms with Crippen LogP contribution in [-0.4, -0.2) is 41.0 Å². The highest BCUT2D eigenvalue weighted by Crippen LogP contribution is 2.32. The van der Waals surface area contributed by atoms with Gasteiger partial charge in [-0.05, 0) is 30.5 Å². The molecular formula is C17H19F2N3O2. The maximum atomic E-state index is 13.5. The summed E-state index contributed by atoms with van der Waals surface area (Å²) in [5.74, 6) is -1.70. The lowest BCUT2D eigenvalue weighted by molar-refractivity contribution is -0.141. The largest absolute Gasteiger partial charge is 0.343 e. The van der Waals surface area contributed by atoms with Gasteiger partial charge in [0.1, 0.15) is 11.6 Å². The van der Waals surface area contributed by atoms with E-state index in [1.165, 1.54) is 24.1 Å². The van der Waals surface area contributed by atoms with E-state index >= 15 is 0 Å². The molecule has 128 valence electrons. The van der Waals surface area contributed by atoms with Crippen molar-refractivity contribution >= 4 is 18.0 Å². The molecule has 3 rings (SSSR count). The van der Waals surface area contributed by atoms with Gasteiger partial charge in [-0.25, -0.2) is 13.8 Å². The normalized spacial score (nSPS) is 21.4. The summed E-state index contributed by atoms with van der Waals surface area (Å²) in [7, 11) is 0. The Balaban J connectivity index is 1.72. The van der Waals surface area contributed by atoms with Crippen molar-refractivity contribution in [1.82, 2.24) is 9.91 Å². The second-order valence-electron chi connectivity index (χ2n) is 6.22. The number of piperidine rings is 1. The Morgan fingerprint density at radius 1 is 1.12 bits per heavy atom. The predicted octanol–water partition coefficient (Wildman–Crippen LogP) is 2.48. The number of hydrogen-bond acceptors (Lipinski definition) is 3. The van der Waals surface area contributed by atoms with E-state index in [4.69, 9.17) is 0 Å². The van der Waals surface area contributed by atoms with Crippen LogP contribution in [0.4, 0.5) is 8.78 Å². The van der Waals surface area contributed by atoms with Gasteiger partial charge < -0.3 is 4.90 Å². The molecule has 2 aliphatic rings. The van der Waals surface area contributed by atoms with Crippen molar-refractivity contribution in [1.29, 1.82) is 0 Å². The van der Waals surface area contributed by atoms with Crippen molar-refractivity contribution in [2.24, 2.45) is 11.0 Å². The van der Waals surface area contributed by atoms with Gasteiger partial charge in [-0.2, -0.15) is 5.10 Å². The predicted molar refractivity (Wildman–Crippen MR) is 84.0 cm³/mol. The molecule has 1 atom stereocenters. The fourth-order valence-electron chi connectivity index (χ4n) is 3.30. The number of amides is 2. The number of carbonyl (C=O) groups excluding carboxylic acids is 2. The minimum absolute atomic E-state index is 0.00760. The number of likely N-dealkylation sites (tertiary alicyclic amines) is 1. The summed E-state index contributed by atoms with van der Waals surface area (Å²) in [6.07, 6.45) is 3.18. The zero-order chi connectivity index (χ0) is 17.3. The third-order valence-electron chi connectivity index (χ3n) is 4.61. The van der Waals surface area contributed by atoms with Crippen LogP contribution in [0.5, 0.6) is 0 Å². The number of halogens is 2. The Morgan fingerprint density at radius 3 is 2.33 bits per heavy atom. The highest BCUT2D eigenvalue weighted by Gasteiger charge is 2.35. The molecule has 0 radical (unpaired) electrons.